The fraction of sp³-hybridized carbons (Fsp3) is 0.500. The Morgan fingerprint density at radius 2 is 1.68 bits per heavy atom. The van der Waals surface area contributed by atoms with Gasteiger partial charge in [-0.05, 0) is 56.5 Å². The molecule has 0 unspecified atom stereocenters. The first-order valence-corrected chi connectivity index (χ1v) is 12.6. The van der Waals surface area contributed by atoms with Crippen molar-refractivity contribution in [3.63, 3.8) is 0 Å². The molecule has 0 saturated carbocycles. The number of unbranched alkanes of at least 4 members (excludes halogenated alkanes) is 2. The van der Waals surface area contributed by atoms with E-state index in [1.807, 2.05) is 49.1 Å². The van der Waals surface area contributed by atoms with Gasteiger partial charge in [0, 0.05) is 45.7 Å². The molecule has 1 fully saturated rings. The molecule has 2 aliphatic heterocycles. The largest absolute Gasteiger partial charge is 0.490 e. The summed E-state index contributed by atoms with van der Waals surface area (Å²) in [4.78, 5) is 19.3. The molecule has 4 rings (SSSR count). The van der Waals surface area contributed by atoms with Gasteiger partial charge in [-0.15, -0.1) is 0 Å². The summed E-state index contributed by atoms with van der Waals surface area (Å²) in [6, 6.07) is 16.6. The second kappa shape index (κ2) is 11.4. The first kappa shape index (κ1) is 24.1. The summed E-state index contributed by atoms with van der Waals surface area (Å²) < 4.78 is 5.84. The Labute approximate surface area is 203 Å². The minimum atomic E-state index is 0.0427. The van der Waals surface area contributed by atoms with Gasteiger partial charge < -0.3 is 14.5 Å². The number of fused-ring (bicyclic) bond motifs is 1. The van der Waals surface area contributed by atoms with Gasteiger partial charge in [0.15, 0.2) is 0 Å². The van der Waals surface area contributed by atoms with E-state index in [4.69, 9.17) is 4.74 Å². The van der Waals surface area contributed by atoms with Crippen LogP contribution in [0.2, 0.25) is 0 Å². The standard InChI is InChI=1S/C28H36N4O2/c1-22(2)34-27-12-8-11-26(25(27)19-29)31-17-15-30(16-18-31)14-7-3-4-13-28(33)32-20-23-9-5-6-10-24(23)21-32/h5-6,8-12,22H,3-4,7,13-18,20-21H2,1-2H3. The van der Waals surface area contributed by atoms with Crippen molar-refractivity contribution in [1.29, 1.82) is 5.26 Å². The van der Waals surface area contributed by atoms with E-state index in [0.29, 0.717) is 17.7 Å². The minimum Gasteiger partial charge on any atom is -0.490 e. The molecule has 6 heteroatoms. The Hall–Kier alpha value is -3.04. The number of hydrogen-bond acceptors (Lipinski definition) is 5. The second-order valence-corrected chi connectivity index (χ2v) is 9.59. The third-order valence-corrected chi connectivity index (χ3v) is 6.75. The van der Waals surface area contributed by atoms with Crippen molar-refractivity contribution in [2.24, 2.45) is 0 Å². The smallest absolute Gasteiger partial charge is 0.223 e. The zero-order chi connectivity index (χ0) is 23.9. The molecule has 0 bridgehead atoms. The van der Waals surface area contributed by atoms with Gasteiger partial charge in [-0.1, -0.05) is 36.8 Å². The number of ether oxygens (including phenoxy) is 1. The summed E-state index contributed by atoms with van der Waals surface area (Å²) in [6.07, 6.45) is 3.85. The maximum absolute atomic E-state index is 12.6. The molecule has 0 aromatic heterocycles. The second-order valence-electron chi connectivity index (χ2n) is 9.59. The molecule has 2 aliphatic rings. The Morgan fingerprint density at radius 1 is 0.971 bits per heavy atom. The van der Waals surface area contributed by atoms with Crippen molar-refractivity contribution in [2.45, 2.75) is 58.7 Å². The maximum Gasteiger partial charge on any atom is 0.223 e. The number of benzene rings is 2. The van der Waals surface area contributed by atoms with Gasteiger partial charge in [0.25, 0.3) is 0 Å². The molecule has 2 aromatic rings. The lowest BCUT2D eigenvalue weighted by Crippen LogP contribution is -2.46. The molecule has 2 heterocycles. The van der Waals surface area contributed by atoms with E-state index >= 15 is 0 Å². The Kier molecular flexibility index (Phi) is 8.08. The Balaban J connectivity index is 1.15. The van der Waals surface area contributed by atoms with E-state index in [1.165, 1.54) is 11.1 Å². The number of amides is 1. The van der Waals surface area contributed by atoms with E-state index in [-0.39, 0.29) is 12.0 Å². The normalized spacial score (nSPS) is 15.9. The van der Waals surface area contributed by atoms with Gasteiger partial charge in [-0.3, -0.25) is 9.69 Å². The van der Waals surface area contributed by atoms with Crippen LogP contribution in [-0.4, -0.2) is 54.5 Å². The Bertz CT molecular complexity index is 996. The summed E-state index contributed by atoms with van der Waals surface area (Å²) in [5, 5.41) is 9.72. The van der Waals surface area contributed by atoms with Gasteiger partial charge in [0.1, 0.15) is 17.4 Å². The molecule has 0 spiro atoms. The van der Waals surface area contributed by atoms with E-state index in [0.717, 1.165) is 70.8 Å². The predicted molar refractivity (Wildman–Crippen MR) is 135 cm³/mol. The van der Waals surface area contributed by atoms with Gasteiger partial charge in [0.2, 0.25) is 5.91 Å². The number of nitriles is 1. The van der Waals surface area contributed by atoms with Crippen molar-refractivity contribution in [1.82, 2.24) is 9.80 Å². The highest BCUT2D eigenvalue weighted by molar-refractivity contribution is 5.77. The zero-order valence-corrected chi connectivity index (χ0v) is 20.5. The fourth-order valence-electron chi connectivity index (χ4n) is 4.92. The lowest BCUT2D eigenvalue weighted by Gasteiger charge is -2.36. The van der Waals surface area contributed by atoms with Crippen LogP contribution in [0, 0.1) is 11.3 Å². The number of carbonyl (C=O) groups is 1. The van der Waals surface area contributed by atoms with Crippen LogP contribution in [0.5, 0.6) is 5.75 Å². The molecule has 2 aromatic carbocycles. The van der Waals surface area contributed by atoms with Crippen LogP contribution in [0.25, 0.3) is 0 Å². The average Bonchev–Trinajstić information content (AvgIpc) is 3.28. The lowest BCUT2D eigenvalue weighted by atomic mass is 10.1. The fourth-order valence-corrected chi connectivity index (χ4v) is 4.92. The van der Waals surface area contributed by atoms with Crippen molar-refractivity contribution >= 4 is 11.6 Å². The number of anilines is 1. The lowest BCUT2D eigenvalue weighted by molar-refractivity contribution is -0.131. The van der Waals surface area contributed by atoms with Gasteiger partial charge in [-0.2, -0.15) is 5.26 Å². The van der Waals surface area contributed by atoms with Crippen LogP contribution in [0.4, 0.5) is 5.69 Å². The summed E-state index contributed by atoms with van der Waals surface area (Å²) >= 11 is 0. The molecule has 34 heavy (non-hydrogen) atoms. The van der Waals surface area contributed by atoms with Crippen LogP contribution in [-0.2, 0) is 17.9 Å². The number of rotatable bonds is 9. The quantitative estimate of drug-likeness (QED) is 0.513. The molecule has 0 radical (unpaired) electrons. The van der Waals surface area contributed by atoms with Crippen molar-refractivity contribution < 1.29 is 9.53 Å². The van der Waals surface area contributed by atoms with Crippen LogP contribution >= 0.6 is 0 Å². The molecule has 6 nitrogen and oxygen atoms in total. The zero-order valence-electron chi connectivity index (χ0n) is 20.5. The first-order chi connectivity index (χ1) is 16.5. The van der Waals surface area contributed by atoms with Crippen LogP contribution in [0.15, 0.2) is 42.5 Å². The summed E-state index contributed by atoms with van der Waals surface area (Å²) in [7, 11) is 0. The number of hydrogen-bond donors (Lipinski definition) is 0. The molecular formula is C28H36N4O2. The number of carbonyl (C=O) groups excluding carboxylic acids is 1. The van der Waals surface area contributed by atoms with Crippen molar-refractivity contribution in [3.8, 4) is 11.8 Å². The van der Waals surface area contributed by atoms with Crippen LogP contribution in [0.3, 0.4) is 0 Å². The molecule has 1 amide bonds. The van der Waals surface area contributed by atoms with Gasteiger partial charge in [-0.25, -0.2) is 0 Å². The van der Waals surface area contributed by atoms with Crippen LogP contribution in [0.1, 0.15) is 56.2 Å². The molecule has 0 aliphatic carbocycles. The molecule has 0 atom stereocenters. The average molecular weight is 461 g/mol. The SMILES string of the molecule is CC(C)Oc1cccc(N2CCN(CCCCCC(=O)N3Cc4ccccc4C3)CC2)c1C#N. The highest BCUT2D eigenvalue weighted by Crippen LogP contribution is 2.30. The first-order valence-electron chi connectivity index (χ1n) is 12.6. The maximum atomic E-state index is 12.6. The summed E-state index contributed by atoms with van der Waals surface area (Å²) in [6.45, 7) is 10.4. The summed E-state index contributed by atoms with van der Waals surface area (Å²) in [5.74, 6) is 0.951. The minimum absolute atomic E-state index is 0.0427. The number of nitrogens with zero attached hydrogens (tertiary/aromatic N) is 4. The molecule has 180 valence electrons. The third-order valence-electron chi connectivity index (χ3n) is 6.75. The summed E-state index contributed by atoms with van der Waals surface area (Å²) in [5.41, 5.74) is 4.19. The highest BCUT2D eigenvalue weighted by Gasteiger charge is 2.23. The van der Waals surface area contributed by atoms with E-state index in [9.17, 15) is 10.1 Å². The van der Waals surface area contributed by atoms with Crippen molar-refractivity contribution in [2.75, 3.05) is 37.6 Å². The topological polar surface area (TPSA) is 59.8 Å². The number of piperazine rings is 1. The van der Waals surface area contributed by atoms with Crippen molar-refractivity contribution in [3.05, 3.63) is 59.2 Å². The monoisotopic (exact) mass is 460 g/mol. The van der Waals surface area contributed by atoms with Crippen LogP contribution < -0.4 is 9.64 Å². The molecule has 1 saturated heterocycles. The van der Waals surface area contributed by atoms with E-state index < -0.39 is 0 Å². The van der Waals surface area contributed by atoms with Gasteiger partial charge >= 0.3 is 0 Å². The predicted octanol–water partition coefficient (Wildman–Crippen LogP) is 4.57. The molecule has 0 N–H and O–H groups in total. The molecular weight excluding hydrogens is 424 g/mol. The van der Waals surface area contributed by atoms with Gasteiger partial charge in [0.05, 0.1) is 11.8 Å². The highest BCUT2D eigenvalue weighted by atomic mass is 16.5. The Morgan fingerprint density at radius 3 is 2.32 bits per heavy atom. The van der Waals surface area contributed by atoms with E-state index in [1.54, 1.807) is 0 Å². The third kappa shape index (κ3) is 5.90. The van der Waals surface area contributed by atoms with E-state index in [2.05, 4.69) is 28.0 Å².